The monoisotopic (exact) mass is 207 g/mol. The summed E-state index contributed by atoms with van der Waals surface area (Å²) in [5, 5.41) is 0.421. The molecule has 0 saturated heterocycles. The van der Waals surface area contributed by atoms with Gasteiger partial charge in [0, 0.05) is 13.2 Å². The van der Waals surface area contributed by atoms with Crippen LogP contribution in [0.5, 0.6) is 0 Å². The van der Waals surface area contributed by atoms with Crippen LogP contribution in [0.1, 0.15) is 13.8 Å². The summed E-state index contributed by atoms with van der Waals surface area (Å²) < 4.78 is 1.30. The second-order valence-corrected chi connectivity index (χ2v) is 2.69. The van der Waals surface area contributed by atoms with Crippen LogP contribution in [0.25, 0.3) is 11.0 Å². The summed E-state index contributed by atoms with van der Waals surface area (Å²) in [6.07, 6.45) is 1.54. The number of hydrogen-bond acceptors (Lipinski definition) is 3. The fourth-order valence-electron chi connectivity index (χ4n) is 1.19. The Hall–Kier alpha value is -1.91. The van der Waals surface area contributed by atoms with Crippen molar-refractivity contribution < 1.29 is 0 Å². The molecule has 0 amide bonds. The van der Waals surface area contributed by atoms with Crippen LogP contribution >= 0.6 is 0 Å². The van der Waals surface area contributed by atoms with E-state index in [4.69, 9.17) is 0 Å². The second-order valence-electron chi connectivity index (χ2n) is 2.69. The molecule has 5 heteroatoms. The molecule has 2 rings (SSSR count). The van der Waals surface area contributed by atoms with Gasteiger partial charge in [-0.05, 0) is 12.1 Å². The van der Waals surface area contributed by atoms with Gasteiger partial charge >= 0.3 is 5.69 Å². The van der Waals surface area contributed by atoms with Crippen molar-refractivity contribution in [2.75, 3.05) is 0 Å². The molecule has 0 aromatic carbocycles. The Morgan fingerprint density at radius 2 is 2.00 bits per heavy atom. The van der Waals surface area contributed by atoms with Crippen LogP contribution in [0.3, 0.4) is 0 Å². The van der Waals surface area contributed by atoms with Gasteiger partial charge in [-0.15, -0.1) is 0 Å². The van der Waals surface area contributed by atoms with Gasteiger partial charge in [-0.2, -0.15) is 0 Å². The Balaban J connectivity index is 0.000000531. The van der Waals surface area contributed by atoms with E-state index in [-0.39, 0.29) is 0 Å². The van der Waals surface area contributed by atoms with E-state index in [9.17, 15) is 9.59 Å². The Bertz CT molecular complexity index is 569. The van der Waals surface area contributed by atoms with Gasteiger partial charge in [0.1, 0.15) is 5.65 Å². The van der Waals surface area contributed by atoms with Crippen molar-refractivity contribution in [2.45, 2.75) is 13.8 Å². The molecule has 0 bridgehead atoms. The minimum absolute atomic E-state index is 0.397. The third-order valence-electron chi connectivity index (χ3n) is 1.87. The minimum atomic E-state index is -0.448. The van der Waals surface area contributed by atoms with Gasteiger partial charge in [-0.25, -0.2) is 9.78 Å². The number of aryl methyl sites for hydroxylation is 1. The van der Waals surface area contributed by atoms with Crippen LogP contribution in [0.15, 0.2) is 27.9 Å². The van der Waals surface area contributed by atoms with Gasteiger partial charge in [0.2, 0.25) is 0 Å². The maximum absolute atomic E-state index is 11.2. The van der Waals surface area contributed by atoms with E-state index < -0.39 is 11.2 Å². The topological polar surface area (TPSA) is 67.8 Å². The van der Waals surface area contributed by atoms with E-state index in [0.29, 0.717) is 11.0 Å². The molecule has 0 aliphatic heterocycles. The Kier molecular flexibility index (Phi) is 3.38. The SMILES string of the molecule is CC.Cn1c(=O)[nH]c(=O)c2cccnc21. The number of hydrogen-bond donors (Lipinski definition) is 1. The number of aromatic nitrogens is 3. The van der Waals surface area contributed by atoms with Gasteiger partial charge in [-0.1, -0.05) is 13.8 Å². The fraction of sp³-hybridized carbons (Fsp3) is 0.300. The van der Waals surface area contributed by atoms with E-state index in [1.807, 2.05) is 13.8 Å². The average molecular weight is 207 g/mol. The lowest BCUT2D eigenvalue weighted by molar-refractivity contribution is 0.829. The number of H-pyrrole nitrogens is 1. The van der Waals surface area contributed by atoms with Gasteiger partial charge in [-0.3, -0.25) is 14.3 Å². The lowest BCUT2D eigenvalue weighted by Gasteiger charge is -2.00. The molecule has 2 aromatic heterocycles. The maximum atomic E-state index is 11.2. The van der Waals surface area contributed by atoms with E-state index >= 15 is 0 Å². The minimum Gasteiger partial charge on any atom is -0.281 e. The quantitative estimate of drug-likeness (QED) is 0.689. The van der Waals surface area contributed by atoms with Crippen molar-refractivity contribution in [1.29, 1.82) is 0 Å². The van der Waals surface area contributed by atoms with Crippen molar-refractivity contribution in [3.63, 3.8) is 0 Å². The fourth-order valence-corrected chi connectivity index (χ4v) is 1.19. The Labute approximate surface area is 86.4 Å². The summed E-state index contributed by atoms with van der Waals surface area (Å²) in [5.41, 5.74) is -0.446. The summed E-state index contributed by atoms with van der Waals surface area (Å²) in [6, 6.07) is 3.28. The van der Waals surface area contributed by atoms with Gasteiger partial charge in [0.05, 0.1) is 5.39 Å². The molecule has 0 atom stereocenters. The highest BCUT2D eigenvalue weighted by Crippen LogP contribution is 1.99. The van der Waals surface area contributed by atoms with Gasteiger partial charge < -0.3 is 0 Å². The van der Waals surface area contributed by atoms with Crippen molar-refractivity contribution in [3.8, 4) is 0 Å². The number of rotatable bonds is 0. The maximum Gasteiger partial charge on any atom is 0.329 e. The molecule has 2 heterocycles. The molecule has 80 valence electrons. The largest absolute Gasteiger partial charge is 0.329 e. The zero-order valence-electron chi connectivity index (χ0n) is 8.94. The number of nitrogens with one attached hydrogen (secondary N) is 1. The average Bonchev–Trinajstić information content (AvgIpc) is 2.29. The molecule has 2 aromatic rings. The molecule has 15 heavy (non-hydrogen) atoms. The first kappa shape index (κ1) is 11.2. The highest BCUT2D eigenvalue weighted by Gasteiger charge is 2.02. The smallest absolute Gasteiger partial charge is 0.281 e. The molecule has 0 aliphatic rings. The van der Waals surface area contributed by atoms with Crippen LogP contribution in [0, 0.1) is 0 Å². The number of nitrogens with zero attached hydrogens (tertiary/aromatic N) is 2. The van der Waals surface area contributed by atoms with Crippen LogP contribution < -0.4 is 11.2 Å². The Morgan fingerprint density at radius 1 is 1.33 bits per heavy atom. The van der Waals surface area contributed by atoms with Crippen molar-refractivity contribution >= 4 is 11.0 Å². The second kappa shape index (κ2) is 4.54. The Morgan fingerprint density at radius 3 is 2.67 bits per heavy atom. The zero-order chi connectivity index (χ0) is 11.4. The normalized spacial score (nSPS) is 9.53. The lowest BCUT2D eigenvalue weighted by Crippen LogP contribution is -2.28. The van der Waals surface area contributed by atoms with E-state index in [1.54, 1.807) is 25.4 Å². The summed E-state index contributed by atoms with van der Waals surface area (Å²) >= 11 is 0. The molecule has 0 fully saturated rings. The van der Waals surface area contributed by atoms with Crippen molar-refractivity contribution in [1.82, 2.24) is 14.5 Å². The van der Waals surface area contributed by atoms with E-state index in [0.717, 1.165) is 0 Å². The highest BCUT2D eigenvalue weighted by molar-refractivity contribution is 5.72. The molecular weight excluding hydrogens is 194 g/mol. The number of fused-ring (bicyclic) bond motifs is 1. The van der Waals surface area contributed by atoms with Gasteiger partial charge in [0.15, 0.2) is 0 Å². The molecule has 0 aliphatic carbocycles. The molecule has 5 nitrogen and oxygen atoms in total. The predicted molar refractivity (Wildman–Crippen MR) is 59.0 cm³/mol. The molecule has 0 radical (unpaired) electrons. The summed E-state index contributed by atoms with van der Waals surface area (Å²) in [7, 11) is 1.56. The van der Waals surface area contributed by atoms with Crippen molar-refractivity contribution in [2.24, 2.45) is 7.05 Å². The first-order valence-electron chi connectivity index (χ1n) is 4.74. The molecule has 0 saturated carbocycles. The van der Waals surface area contributed by atoms with Crippen LogP contribution in [-0.2, 0) is 7.05 Å². The zero-order valence-corrected chi connectivity index (χ0v) is 8.94. The van der Waals surface area contributed by atoms with Gasteiger partial charge in [0.25, 0.3) is 5.56 Å². The standard InChI is InChI=1S/C8H7N3O2.C2H6/c1-11-6-5(3-2-4-9-6)7(12)10-8(11)13;1-2/h2-4H,1H3,(H,10,12,13);1-2H3. The molecule has 0 spiro atoms. The van der Waals surface area contributed by atoms with Crippen LogP contribution in [0.4, 0.5) is 0 Å². The lowest BCUT2D eigenvalue weighted by atomic mass is 10.3. The third kappa shape index (κ3) is 1.96. The van der Waals surface area contributed by atoms with Crippen LogP contribution in [0.2, 0.25) is 0 Å². The van der Waals surface area contributed by atoms with E-state index in [1.165, 1.54) is 4.57 Å². The molecular formula is C10H13N3O2. The summed E-state index contributed by atoms with van der Waals surface area (Å²) in [5.74, 6) is 0. The van der Waals surface area contributed by atoms with Crippen molar-refractivity contribution in [3.05, 3.63) is 39.2 Å². The molecule has 1 N–H and O–H groups in total. The third-order valence-corrected chi connectivity index (χ3v) is 1.87. The van der Waals surface area contributed by atoms with Crippen LogP contribution in [-0.4, -0.2) is 14.5 Å². The number of pyridine rings is 1. The predicted octanol–water partition coefficient (Wildman–Crippen LogP) is 0.648. The van der Waals surface area contributed by atoms with E-state index in [2.05, 4.69) is 9.97 Å². The first-order valence-corrected chi connectivity index (χ1v) is 4.74. The summed E-state index contributed by atoms with van der Waals surface area (Å²) in [6.45, 7) is 4.00. The highest BCUT2D eigenvalue weighted by atomic mass is 16.2. The molecule has 0 unspecified atom stereocenters. The summed E-state index contributed by atoms with van der Waals surface area (Å²) in [4.78, 5) is 28.5. The first-order chi connectivity index (χ1) is 7.20. The number of aromatic amines is 1.